The zero-order valence-corrected chi connectivity index (χ0v) is 13.6. The van der Waals surface area contributed by atoms with Crippen molar-refractivity contribution < 1.29 is 24.2 Å². The second-order valence-electron chi connectivity index (χ2n) is 5.48. The third kappa shape index (κ3) is 4.37. The molecular weight excluding hydrogens is 298 g/mol. The lowest BCUT2D eigenvalue weighted by Gasteiger charge is -2.17. The average molecular weight is 321 g/mol. The molecule has 126 valence electrons. The quantitative estimate of drug-likeness (QED) is 0.792. The second kappa shape index (κ2) is 7.85. The molecule has 1 amide bonds. The van der Waals surface area contributed by atoms with Gasteiger partial charge in [-0.05, 0) is 38.0 Å². The van der Waals surface area contributed by atoms with Crippen molar-refractivity contribution in [3.63, 3.8) is 0 Å². The fourth-order valence-corrected chi connectivity index (χ4v) is 2.67. The number of aliphatic carboxylic acids is 1. The van der Waals surface area contributed by atoms with Crippen LogP contribution in [0, 0.1) is 5.92 Å². The van der Waals surface area contributed by atoms with Gasteiger partial charge >= 0.3 is 5.97 Å². The molecule has 0 spiro atoms. The zero-order chi connectivity index (χ0) is 16.8. The van der Waals surface area contributed by atoms with Crippen molar-refractivity contribution in [3.8, 4) is 11.5 Å². The lowest BCUT2D eigenvalue weighted by molar-refractivity contribution is -0.141. The Morgan fingerprint density at radius 1 is 1.26 bits per heavy atom. The first kappa shape index (κ1) is 17.1. The molecule has 6 heteroatoms. The van der Waals surface area contributed by atoms with Crippen molar-refractivity contribution in [1.82, 2.24) is 4.90 Å². The van der Waals surface area contributed by atoms with Gasteiger partial charge in [-0.2, -0.15) is 0 Å². The van der Waals surface area contributed by atoms with Gasteiger partial charge in [0.1, 0.15) is 0 Å². The number of hydrogen-bond acceptors (Lipinski definition) is 4. The molecule has 1 heterocycles. The molecule has 1 N–H and O–H groups in total. The van der Waals surface area contributed by atoms with Gasteiger partial charge in [-0.3, -0.25) is 9.59 Å². The predicted molar refractivity (Wildman–Crippen MR) is 84.8 cm³/mol. The molecule has 0 radical (unpaired) electrons. The first-order valence-corrected chi connectivity index (χ1v) is 7.94. The van der Waals surface area contributed by atoms with E-state index in [0.717, 1.165) is 5.56 Å². The minimum atomic E-state index is -0.902. The molecule has 0 bridgehead atoms. The summed E-state index contributed by atoms with van der Waals surface area (Å²) in [6.07, 6.45) is 0.757. The van der Waals surface area contributed by atoms with Crippen LogP contribution in [0.15, 0.2) is 18.2 Å². The van der Waals surface area contributed by atoms with E-state index in [-0.39, 0.29) is 12.3 Å². The summed E-state index contributed by atoms with van der Waals surface area (Å²) < 4.78 is 11.1. The molecule has 2 rings (SSSR count). The number of likely N-dealkylation sites (tertiary alicyclic amines) is 1. The summed E-state index contributed by atoms with van der Waals surface area (Å²) in [5.41, 5.74) is 1.03. The van der Waals surface area contributed by atoms with E-state index in [2.05, 4.69) is 0 Å². The van der Waals surface area contributed by atoms with Crippen molar-refractivity contribution >= 4 is 11.9 Å². The molecule has 1 saturated heterocycles. The molecule has 1 aliphatic heterocycles. The fraction of sp³-hybridized carbons (Fsp3) is 0.529. The van der Waals surface area contributed by atoms with Crippen LogP contribution < -0.4 is 9.47 Å². The molecular formula is C17H23NO5. The number of benzene rings is 1. The SMILES string of the molecule is CCOc1ccc(CCN2C[C@@H](C(=O)O)CC2=O)cc1OCC. The Morgan fingerprint density at radius 2 is 1.96 bits per heavy atom. The maximum absolute atomic E-state index is 11.8. The number of rotatable bonds is 8. The van der Waals surface area contributed by atoms with Crippen LogP contribution in [-0.2, 0) is 16.0 Å². The third-order valence-corrected chi connectivity index (χ3v) is 3.84. The van der Waals surface area contributed by atoms with E-state index >= 15 is 0 Å². The maximum atomic E-state index is 11.8. The Labute approximate surface area is 136 Å². The van der Waals surface area contributed by atoms with Crippen LogP contribution in [0.4, 0.5) is 0 Å². The molecule has 1 atom stereocenters. The number of carboxylic acids is 1. The molecule has 1 aromatic carbocycles. The number of ether oxygens (including phenoxy) is 2. The Balaban J connectivity index is 1.99. The van der Waals surface area contributed by atoms with E-state index in [1.165, 1.54) is 0 Å². The Bertz CT molecular complexity index is 572. The molecule has 1 aromatic rings. The maximum Gasteiger partial charge on any atom is 0.308 e. The number of carbonyl (C=O) groups excluding carboxylic acids is 1. The highest BCUT2D eigenvalue weighted by molar-refractivity contribution is 5.86. The molecule has 23 heavy (non-hydrogen) atoms. The summed E-state index contributed by atoms with van der Waals surface area (Å²) in [4.78, 5) is 24.4. The van der Waals surface area contributed by atoms with Crippen molar-refractivity contribution in [3.05, 3.63) is 23.8 Å². The summed E-state index contributed by atoms with van der Waals surface area (Å²) in [5, 5.41) is 9.00. The van der Waals surface area contributed by atoms with Crippen LogP contribution in [0.25, 0.3) is 0 Å². The van der Waals surface area contributed by atoms with Crippen molar-refractivity contribution in [1.29, 1.82) is 0 Å². The number of carbonyl (C=O) groups is 2. The number of carboxylic acid groups (broad SMARTS) is 1. The first-order chi connectivity index (χ1) is 11.0. The van der Waals surface area contributed by atoms with Gasteiger partial charge in [-0.25, -0.2) is 0 Å². The monoisotopic (exact) mass is 321 g/mol. The Hall–Kier alpha value is -2.24. The van der Waals surface area contributed by atoms with Crippen molar-refractivity contribution in [2.24, 2.45) is 5.92 Å². The molecule has 0 aliphatic carbocycles. The molecule has 0 aromatic heterocycles. The predicted octanol–water partition coefficient (Wildman–Crippen LogP) is 1.96. The van der Waals surface area contributed by atoms with Gasteiger partial charge in [0.15, 0.2) is 11.5 Å². The summed E-state index contributed by atoms with van der Waals surface area (Å²) in [7, 11) is 0. The van der Waals surface area contributed by atoms with Crippen LogP contribution >= 0.6 is 0 Å². The Morgan fingerprint density at radius 3 is 2.57 bits per heavy atom. The first-order valence-electron chi connectivity index (χ1n) is 7.94. The average Bonchev–Trinajstić information content (AvgIpc) is 2.89. The highest BCUT2D eigenvalue weighted by Crippen LogP contribution is 2.29. The fourth-order valence-electron chi connectivity index (χ4n) is 2.67. The summed E-state index contributed by atoms with van der Waals surface area (Å²) >= 11 is 0. The van der Waals surface area contributed by atoms with Crippen LogP contribution in [-0.4, -0.2) is 48.2 Å². The Kier molecular flexibility index (Phi) is 5.84. The van der Waals surface area contributed by atoms with Gasteiger partial charge in [-0.1, -0.05) is 6.07 Å². The molecule has 1 fully saturated rings. The van der Waals surface area contributed by atoms with Crippen molar-refractivity contribution in [2.75, 3.05) is 26.3 Å². The lowest BCUT2D eigenvalue weighted by atomic mass is 10.1. The molecule has 6 nitrogen and oxygen atoms in total. The van der Waals surface area contributed by atoms with E-state index in [9.17, 15) is 9.59 Å². The van der Waals surface area contributed by atoms with E-state index in [1.807, 2.05) is 32.0 Å². The summed E-state index contributed by atoms with van der Waals surface area (Å²) in [6.45, 7) is 5.76. The minimum Gasteiger partial charge on any atom is -0.490 e. The van der Waals surface area contributed by atoms with E-state index in [0.29, 0.717) is 44.2 Å². The molecule has 1 aliphatic rings. The van der Waals surface area contributed by atoms with Crippen LogP contribution in [0.2, 0.25) is 0 Å². The topological polar surface area (TPSA) is 76.1 Å². The van der Waals surface area contributed by atoms with E-state index < -0.39 is 11.9 Å². The second-order valence-corrected chi connectivity index (χ2v) is 5.48. The smallest absolute Gasteiger partial charge is 0.308 e. The zero-order valence-electron chi connectivity index (χ0n) is 13.6. The molecule has 0 unspecified atom stereocenters. The van der Waals surface area contributed by atoms with E-state index in [4.69, 9.17) is 14.6 Å². The van der Waals surface area contributed by atoms with Gasteiger partial charge in [0.05, 0.1) is 19.1 Å². The highest BCUT2D eigenvalue weighted by atomic mass is 16.5. The van der Waals surface area contributed by atoms with Gasteiger partial charge in [0, 0.05) is 19.5 Å². The number of hydrogen-bond donors (Lipinski definition) is 1. The summed E-state index contributed by atoms with van der Waals surface area (Å²) in [5.74, 6) is -0.167. The lowest BCUT2D eigenvalue weighted by Crippen LogP contribution is -2.28. The van der Waals surface area contributed by atoms with Gasteiger partial charge in [0.25, 0.3) is 0 Å². The minimum absolute atomic E-state index is 0.0895. The highest BCUT2D eigenvalue weighted by Gasteiger charge is 2.33. The third-order valence-electron chi connectivity index (χ3n) is 3.84. The van der Waals surface area contributed by atoms with Crippen molar-refractivity contribution in [2.45, 2.75) is 26.7 Å². The number of amides is 1. The number of nitrogens with zero attached hydrogens (tertiary/aromatic N) is 1. The van der Waals surface area contributed by atoms with Crippen LogP contribution in [0.5, 0.6) is 11.5 Å². The normalized spacial score (nSPS) is 17.4. The van der Waals surface area contributed by atoms with E-state index in [1.54, 1.807) is 4.90 Å². The largest absolute Gasteiger partial charge is 0.490 e. The molecule has 0 saturated carbocycles. The standard InChI is InChI=1S/C17H23NO5/c1-3-22-14-6-5-12(9-15(14)23-4-2)7-8-18-11-13(17(20)21)10-16(18)19/h5-6,9,13H,3-4,7-8,10-11H2,1-2H3,(H,20,21)/t13-/m0/s1. The van der Waals surface area contributed by atoms with Gasteiger partial charge in [-0.15, -0.1) is 0 Å². The van der Waals surface area contributed by atoms with Gasteiger partial charge < -0.3 is 19.5 Å². The summed E-state index contributed by atoms with van der Waals surface area (Å²) in [6, 6.07) is 5.74. The van der Waals surface area contributed by atoms with Crippen LogP contribution in [0.1, 0.15) is 25.8 Å². The van der Waals surface area contributed by atoms with Gasteiger partial charge in [0.2, 0.25) is 5.91 Å². The van der Waals surface area contributed by atoms with Crippen LogP contribution in [0.3, 0.4) is 0 Å².